The Hall–Kier alpha value is -2.11. The molecule has 0 unspecified atom stereocenters. The first-order valence-corrected chi connectivity index (χ1v) is 8.57. The fourth-order valence-corrected chi connectivity index (χ4v) is 3.67. The fraction of sp³-hybridized carbons (Fsp3) is 0.263. The van der Waals surface area contributed by atoms with Crippen molar-refractivity contribution in [1.82, 2.24) is 9.88 Å². The number of rotatable bonds is 3. The summed E-state index contributed by atoms with van der Waals surface area (Å²) in [6.45, 7) is 0.00205. The molecular weight excluding hydrogens is 346 g/mol. The summed E-state index contributed by atoms with van der Waals surface area (Å²) in [6, 6.07) is 13.1. The number of benzene rings is 2. The Bertz CT molecular complexity index is 923. The third-order valence-electron chi connectivity index (χ3n) is 4.54. The second kappa shape index (κ2) is 6.65. The standard InChI is InChI=1S/C19H17ClF2N2O/c20-17-11-15(25-19(21)22)3-4-16(17)12-1-2-13-9-14-5-6-23-7-8-24(14)18(13)10-12/h1-4,9-11,19,23H,5-8H2. The quantitative estimate of drug-likeness (QED) is 0.730. The van der Waals surface area contributed by atoms with Gasteiger partial charge in [-0.15, -0.1) is 0 Å². The first-order valence-electron chi connectivity index (χ1n) is 8.19. The average Bonchev–Trinajstić information content (AvgIpc) is 2.75. The van der Waals surface area contributed by atoms with E-state index in [1.165, 1.54) is 28.7 Å². The zero-order valence-electron chi connectivity index (χ0n) is 13.4. The SMILES string of the molecule is FC(F)Oc1ccc(-c2ccc3cc4n(c3c2)CCNCC4)c(Cl)c1. The molecule has 1 aliphatic rings. The van der Waals surface area contributed by atoms with Crippen LogP contribution in [0.5, 0.6) is 5.75 Å². The summed E-state index contributed by atoms with van der Waals surface area (Å²) >= 11 is 6.30. The second-order valence-corrected chi connectivity index (χ2v) is 6.49. The summed E-state index contributed by atoms with van der Waals surface area (Å²) in [5.41, 5.74) is 4.25. The van der Waals surface area contributed by atoms with Crippen LogP contribution in [0.3, 0.4) is 0 Å². The summed E-state index contributed by atoms with van der Waals surface area (Å²) in [5, 5.41) is 5.00. The molecule has 0 radical (unpaired) electrons. The van der Waals surface area contributed by atoms with Gasteiger partial charge in [0.1, 0.15) is 5.75 Å². The number of hydrogen-bond donors (Lipinski definition) is 1. The Morgan fingerprint density at radius 2 is 1.96 bits per heavy atom. The molecule has 1 aliphatic heterocycles. The van der Waals surface area contributed by atoms with E-state index in [2.05, 4.69) is 32.8 Å². The number of nitrogens with one attached hydrogen (secondary N) is 1. The van der Waals surface area contributed by atoms with Crippen LogP contribution in [-0.4, -0.2) is 24.3 Å². The van der Waals surface area contributed by atoms with Gasteiger partial charge in [0.2, 0.25) is 0 Å². The van der Waals surface area contributed by atoms with E-state index in [0.717, 1.165) is 37.2 Å². The van der Waals surface area contributed by atoms with E-state index in [1.54, 1.807) is 6.07 Å². The summed E-state index contributed by atoms with van der Waals surface area (Å²) in [6.07, 6.45) is 1.00. The lowest BCUT2D eigenvalue weighted by atomic mass is 10.0. The van der Waals surface area contributed by atoms with Gasteiger partial charge in [-0.2, -0.15) is 8.78 Å². The fourth-order valence-electron chi connectivity index (χ4n) is 3.39. The highest BCUT2D eigenvalue weighted by atomic mass is 35.5. The van der Waals surface area contributed by atoms with Crippen LogP contribution in [0.25, 0.3) is 22.0 Å². The van der Waals surface area contributed by atoms with Gasteiger partial charge in [-0.3, -0.25) is 0 Å². The largest absolute Gasteiger partial charge is 0.435 e. The van der Waals surface area contributed by atoms with Crippen LogP contribution in [0, 0.1) is 0 Å². The molecule has 4 rings (SSSR count). The predicted molar refractivity (Wildman–Crippen MR) is 95.6 cm³/mol. The number of ether oxygens (including phenoxy) is 1. The molecule has 0 amide bonds. The van der Waals surface area contributed by atoms with Crippen molar-refractivity contribution in [2.45, 2.75) is 19.6 Å². The maximum atomic E-state index is 12.3. The maximum absolute atomic E-state index is 12.3. The second-order valence-electron chi connectivity index (χ2n) is 6.08. The van der Waals surface area contributed by atoms with Crippen molar-refractivity contribution in [2.24, 2.45) is 0 Å². The molecule has 3 nitrogen and oxygen atoms in total. The minimum absolute atomic E-state index is 0.0625. The molecule has 0 spiro atoms. The Morgan fingerprint density at radius 1 is 1.08 bits per heavy atom. The van der Waals surface area contributed by atoms with E-state index in [1.807, 2.05) is 6.07 Å². The monoisotopic (exact) mass is 362 g/mol. The number of hydrogen-bond acceptors (Lipinski definition) is 2. The van der Waals surface area contributed by atoms with Crippen LogP contribution < -0.4 is 10.1 Å². The van der Waals surface area contributed by atoms with Gasteiger partial charge in [0, 0.05) is 42.8 Å². The summed E-state index contributed by atoms with van der Waals surface area (Å²) in [7, 11) is 0. The third-order valence-corrected chi connectivity index (χ3v) is 4.85. The highest BCUT2D eigenvalue weighted by Crippen LogP contribution is 2.34. The van der Waals surface area contributed by atoms with Crippen molar-refractivity contribution < 1.29 is 13.5 Å². The van der Waals surface area contributed by atoms with Crippen molar-refractivity contribution in [3.8, 4) is 16.9 Å². The van der Waals surface area contributed by atoms with Crippen molar-refractivity contribution in [1.29, 1.82) is 0 Å². The Labute approximate surface area is 149 Å². The van der Waals surface area contributed by atoms with Crippen molar-refractivity contribution in [2.75, 3.05) is 13.1 Å². The molecule has 25 heavy (non-hydrogen) atoms. The average molecular weight is 363 g/mol. The molecular formula is C19H17ClF2N2O. The zero-order chi connectivity index (χ0) is 17.4. The topological polar surface area (TPSA) is 26.2 Å². The molecule has 0 saturated heterocycles. The van der Waals surface area contributed by atoms with Crippen LogP contribution in [0.1, 0.15) is 5.69 Å². The van der Waals surface area contributed by atoms with Gasteiger partial charge in [0.05, 0.1) is 5.02 Å². The smallest absolute Gasteiger partial charge is 0.387 e. The number of nitrogens with zero attached hydrogens (tertiary/aromatic N) is 1. The minimum Gasteiger partial charge on any atom is -0.435 e. The molecule has 6 heteroatoms. The molecule has 2 heterocycles. The normalized spacial score (nSPS) is 14.6. The van der Waals surface area contributed by atoms with E-state index in [4.69, 9.17) is 11.6 Å². The van der Waals surface area contributed by atoms with Gasteiger partial charge < -0.3 is 14.6 Å². The van der Waals surface area contributed by atoms with E-state index >= 15 is 0 Å². The van der Waals surface area contributed by atoms with Crippen molar-refractivity contribution in [3.05, 3.63) is 53.2 Å². The Kier molecular flexibility index (Phi) is 4.36. The van der Waals surface area contributed by atoms with Crippen molar-refractivity contribution >= 4 is 22.5 Å². The number of halogens is 3. The highest BCUT2D eigenvalue weighted by Gasteiger charge is 2.14. The lowest BCUT2D eigenvalue weighted by molar-refractivity contribution is -0.0498. The van der Waals surface area contributed by atoms with E-state index < -0.39 is 6.61 Å². The van der Waals surface area contributed by atoms with E-state index in [-0.39, 0.29) is 5.75 Å². The van der Waals surface area contributed by atoms with Crippen LogP contribution in [0.15, 0.2) is 42.5 Å². The highest BCUT2D eigenvalue weighted by molar-refractivity contribution is 6.33. The van der Waals surface area contributed by atoms with Crippen LogP contribution in [-0.2, 0) is 13.0 Å². The van der Waals surface area contributed by atoms with Gasteiger partial charge in [-0.25, -0.2) is 0 Å². The lowest BCUT2D eigenvalue weighted by Gasteiger charge is -2.10. The van der Waals surface area contributed by atoms with Gasteiger partial charge >= 0.3 is 6.61 Å². The lowest BCUT2D eigenvalue weighted by Crippen LogP contribution is -2.17. The molecule has 0 fully saturated rings. The molecule has 2 aromatic carbocycles. The van der Waals surface area contributed by atoms with Gasteiger partial charge in [-0.1, -0.05) is 23.7 Å². The summed E-state index contributed by atoms with van der Waals surface area (Å²) < 4.78 is 31.4. The molecule has 130 valence electrons. The van der Waals surface area contributed by atoms with E-state index in [0.29, 0.717) is 5.02 Å². The Morgan fingerprint density at radius 3 is 2.76 bits per heavy atom. The first-order chi connectivity index (χ1) is 12.1. The molecule has 3 aromatic rings. The van der Waals surface area contributed by atoms with E-state index in [9.17, 15) is 8.78 Å². The first kappa shape index (κ1) is 16.4. The molecule has 1 N–H and O–H groups in total. The van der Waals surface area contributed by atoms with Crippen molar-refractivity contribution in [3.63, 3.8) is 0 Å². The van der Waals surface area contributed by atoms with Gasteiger partial charge in [-0.05, 0) is 41.3 Å². The molecule has 0 saturated carbocycles. The van der Waals surface area contributed by atoms with Gasteiger partial charge in [0.15, 0.2) is 0 Å². The Balaban J connectivity index is 1.75. The summed E-state index contributed by atoms with van der Waals surface area (Å²) in [4.78, 5) is 0. The number of fused-ring (bicyclic) bond motifs is 3. The number of aromatic nitrogens is 1. The van der Waals surface area contributed by atoms with Crippen LogP contribution >= 0.6 is 11.6 Å². The van der Waals surface area contributed by atoms with Crippen LogP contribution in [0.2, 0.25) is 5.02 Å². The molecule has 0 aliphatic carbocycles. The van der Waals surface area contributed by atoms with Crippen LogP contribution in [0.4, 0.5) is 8.78 Å². The minimum atomic E-state index is -2.86. The predicted octanol–water partition coefficient (Wildman–Crippen LogP) is 4.71. The molecule has 0 atom stereocenters. The van der Waals surface area contributed by atoms with Gasteiger partial charge in [0.25, 0.3) is 0 Å². The maximum Gasteiger partial charge on any atom is 0.387 e. The summed E-state index contributed by atoms with van der Waals surface area (Å²) in [5.74, 6) is 0.0625. The zero-order valence-corrected chi connectivity index (χ0v) is 14.2. The molecule has 0 bridgehead atoms. The molecule has 1 aromatic heterocycles. The third kappa shape index (κ3) is 3.22. The number of alkyl halides is 2.